The van der Waals surface area contributed by atoms with Crippen molar-refractivity contribution in [2.24, 2.45) is 0 Å². The average Bonchev–Trinajstić information content (AvgIpc) is 3.24. The van der Waals surface area contributed by atoms with Crippen molar-refractivity contribution in [1.82, 2.24) is 9.80 Å². The van der Waals surface area contributed by atoms with Crippen LogP contribution in [0.25, 0.3) is 5.57 Å². The number of carbonyl (C=O) groups is 2. The molecule has 1 aromatic carbocycles. The highest BCUT2D eigenvalue weighted by atomic mass is 16.5. The number of imide groups is 1. The van der Waals surface area contributed by atoms with Gasteiger partial charge in [-0.05, 0) is 29.8 Å². The molecule has 2 amide bonds. The number of methoxy groups -OCH3 is 1. The van der Waals surface area contributed by atoms with Gasteiger partial charge in [-0.15, -0.1) is 0 Å². The number of hydrogen-bond acceptors (Lipinski definition) is 6. The van der Waals surface area contributed by atoms with E-state index in [0.717, 1.165) is 4.90 Å². The number of benzene rings is 1. The predicted octanol–water partition coefficient (Wildman–Crippen LogP) is 1.49. The molecule has 1 aliphatic rings. The van der Waals surface area contributed by atoms with Crippen LogP contribution >= 0.6 is 0 Å². The SMILES string of the molecule is COc1ccc(C2=C(N(C)CCO)C(=O)N(Cc3ccco3)C2=O)cc1. The van der Waals surface area contributed by atoms with E-state index in [2.05, 4.69) is 0 Å². The van der Waals surface area contributed by atoms with Crippen molar-refractivity contribution in [3.05, 3.63) is 59.7 Å². The minimum absolute atomic E-state index is 0.0563. The molecule has 0 saturated heterocycles. The Morgan fingerprint density at radius 1 is 1.15 bits per heavy atom. The summed E-state index contributed by atoms with van der Waals surface area (Å²) in [6.45, 7) is 0.166. The first-order chi connectivity index (χ1) is 12.6. The molecule has 1 aliphatic heterocycles. The number of ether oxygens (including phenoxy) is 1. The highest BCUT2D eigenvalue weighted by molar-refractivity contribution is 6.35. The number of aliphatic hydroxyl groups excluding tert-OH is 1. The number of aliphatic hydroxyl groups is 1. The first kappa shape index (κ1) is 17.8. The lowest BCUT2D eigenvalue weighted by atomic mass is 10.0. The van der Waals surface area contributed by atoms with Crippen LogP contribution < -0.4 is 4.74 Å². The quantitative estimate of drug-likeness (QED) is 0.757. The third-order valence-electron chi connectivity index (χ3n) is 4.23. The van der Waals surface area contributed by atoms with Crippen molar-refractivity contribution >= 4 is 17.4 Å². The molecule has 7 nitrogen and oxygen atoms in total. The Morgan fingerprint density at radius 2 is 1.88 bits per heavy atom. The predicted molar refractivity (Wildman–Crippen MR) is 93.9 cm³/mol. The Hall–Kier alpha value is -3.06. The van der Waals surface area contributed by atoms with Gasteiger partial charge in [0.15, 0.2) is 0 Å². The van der Waals surface area contributed by atoms with Crippen molar-refractivity contribution in [2.75, 3.05) is 27.3 Å². The van der Waals surface area contributed by atoms with Gasteiger partial charge in [0.05, 0.1) is 32.1 Å². The molecular weight excluding hydrogens is 336 g/mol. The summed E-state index contributed by atoms with van der Waals surface area (Å²) in [6.07, 6.45) is 1.50. The lowest BCUT2D eigenvalue weighted by Gasteiger charge is -2.20. The lowest BCUT2D eigenvalue weighted by molar-refractivity contribution is -0.138. The fraction of sp³-hybridized carbons (Fsp3) is 0.263. The van der Waals surface area contributed by atoms with Gasteiger partial charge in [0, 0.05) is 13.6 Å². The molecule has 0 spiro atoms. The molecule has 7 heteroatoms. The minimum Gasteiger partial charge on any atom is -0.497 e. The van der Waals surface area contributed by atoms with Crippen molar-refractivity contribution in [1.29, 1.82) is 0 Å². The smallest absolute Gasteiger partial charge is 0.278 e. The standard InChI is InChI=1S/C19H20N2O5/c1-20(9-10-22)17-16(13-5-7-14(25-2)8-6-13)18(23)21(19(17)24)12-15-4-3-11-26-15/h3-8,11,22H,9-10,12H2,1-2H3. The highest BCUT2D eigenvalue weighted by Gasteiger charge is 2.41. The summed E-state index contributed by atoms with van der Waals surface area (Å²) < 4.78 is 10.4. The van der Waals surface area contributed by atoms with E-state index in [1.807, 2.05) is 0 Å². The van der Waals surface area contributed by atoms with Gasteiger partial charge in [-0.25, -0.2) is 0 Å². The van der Waals surface area contributed by atoms with E-state index >= 15 is 0 Å². The molecule has 0 atom stereocenters. The molecule has 1 N–H and O–H groups in total. The maximum Gasteiger partial charge on any atom is 0.278 e. The second kappa shape index (κ2) is 7.45. The van der Waals surface area contributed by atoms with Gasteiger partial charge >= 0.3 is 0 Å². The molecule has 0 radical (unpaired) electrons. The van der Waals surface area contributed by atoms with E-state index < -0.39 is 11.8 Å². The van der Waals surface area contributed by atoms with Gasteiger partial charge in [-0.1, -0.05) is 12.1 Å². The third-order valence-corrected chi connectivity index (χ3v) is 4.23. The largest absolute Gasteiger partial charge is 0.497 e. The maximum absolute atomic E-state index is 13.0. The number of carbonyl (C=O) groups excluding carboxylic acids is 2. The minimum atomic E-state index is -0.409. The van der Waals surface area contributed by atoms with Gasteiger partial charge in [0.25, 0.3) is 11.8 Å². The molecule has 2 aromatic rings. The summed E-state index contributed by atoms with van der Waals surface area (Å²) in [5, 5.41) is 9.24. The van der Waals surface area contributed by atoms with Crippen LogP contribution in [0.5, 0.6) is 5.75 Å². The number of hydrogen-bond donors (Lipinski definition) is 1. The number of nitrogens with zero attached hydrogens (tertiary/aromatic N) is 2. The van der Waals surface area contributed by atoms with Crippen LogP contribution in [0.4, 0.5) is 0 Å². The molecule has 0 fully saturated rings. The zero-order chi connectivity index (χ0) is 18.7. The molecule has 136 valence electrons. The van der Waals surface area contributed by atoms with Crippen molar-refractivity contribution < 1.29 is 23.8 Å². The topological polar surface area (TPSA) is 83.2 Å². The number of likely N-dealkylation sites (N-methyl/N-ethyl adjacent to an activating group) is 1. The second-order valence-corrected chi connectivity index (χ2v) is 5.87. The van der Waals surface area contributed by atoms with Gasteiger partial charge in [0.1, 0.15) is 17.2 Å². The fourth-order valence-corrected chi connectivity index (χ4v) is 2.90. The van der Waals surface area contributed by atoms with E-state index in [1.54, 1.807) is 55.5 Å². The monoisotopic (exact) mass is 356 g/mol. The first-order valence-corrected chi connectivity index (χ1v) is 8.16. The van der Waals surface area contributed by atoms with Crippen LogP contribution in [0.1, 0.15) is 11.3 Å². The molecule has 3 rings (SSSR count). The van der Waals surface area contributed by atoms with Crippen molar-refractivity contribution in [3.63, 3.8) is 0 Å². The van der Waals surface area contributed by atoms with Crippen LogP contribution in [0.2, 0.25) is 0 Å². The highest BCUT2D eigenvalue weighted by Crippen LogP contribution is 2.32. The number of rotatable bonds is 7. The Morgan fingerprint density at radius 3 is 2.46 bits per heavy atom. The molecule has 0 unspecified atom stereocenters. The van der Waals surface area contributed by atoms with E-state index in [1.165, 1.54) is 6.26 Å². The van der Waals surface area contributed by atoms with Gasteiger partial charge in [-0.3, -0.25) is 14.5 Å². The molecule has 1 aromatic heterocycles. The Labute approximate surface area is 151 Å². The summed E-state index contributed by atoms with van der Waals surface area (Å²) >= 11 is 0. The average molecular weight is 356 g/mol. The van der Waals surface area contributed by atoms with Crippen LogP contribution in [0.15, 0.2) is 52.8 Å². The first-order valence-electron chi connectivity index (χ1n) is 8.16. The van der Waals surface area contributed by atoms with E-state index in [0.29, 0.717) is 22.6 Å². The number of amides is 2. The molecule has 0 bridgehead atoms. The Bertz CT molecular complexity index is 824. The summed E-state index contributed by atoms with van der Waals surface area (Å²) in [4.78, 5) is 28.7. The summed E-state index contributed by atoms with van der Waals surface area (Å²) in [5.41, 5.74) is 1.19. The Balaban J connectivity index is 2.01. The third kappa shape index (κ3) is 3.21. The zero-order valence-electron chi connectivity index (χ0n) is 14.6. The molecule has 26 heavy (non-hydrogen) atoms. The maximum atomic E-state index is 13.0. The van der Waals surface area contributed by atoms with Crippen LogP contribution in [-0.4, -0.2) is 54.0 Å². The van der Waals surface area contributed by atoms with Crippen LogP contribution in [0.3, 0.4) is 0 Å². The molecule has 0 saturated carbocycles. The summed E-state index contributed by atoms with van der Waals surface area (Å²) in [6, 6.07) is 10.4. The van der Waals surface area contributed by atoms with Gasteiger partial charge in [-0.2, -0.15) is 0 Å². The lowest BCUT2D eigenvalue weighted by Crippen LogP contribution is -2.34. The van der Waals surface area contributed by atoms with Crippen molar-refractivity contribution in [2.45, 2.75) is 6.54 Å². The van der Waals surface area contributed by atoms with Crippen LogP contribution in [-0.2, 0) is 16.1 Å². The van der Waals surface area contributed by atoms with E-state index in [4.69, 9.17) is 9.15 Å². The number of furan rings is 1. The van der Waals surface area contributed by atoms with Gasteiger partial charge in [0.2, 0.25) is 0 Å². The zero-order valence-corrected chi connectivity index (χ0v) is 14.6. The fourth-order valence-electron chi connectivity index (χ4n) is 2.90. The van der Waals surface area contributed by atoms with Crippen LogP contribution in [0, 0.1) is 0 Å². The van der Waals surface area contributed by atoms with Crippen molar-refractivity contribution in [3.8, 4) is 5.75 Å². The molecular formula is C19H20N2O5. The molecule has 2 heterocycles. The summed E-state index contributed by atoms with van der Waals surface area (Å²) in [7, 11) is 3.24. The van der Waals surface area contributed by atoms with Gasteiger partial charge < -0.3 is 19.2 Å². The normalized spacial score (nSPS) is 14.3. The van der Waals surface area contributed by atoms with E-state index in [9.17, 15) is 14.7 Å². The summed E-state index contributed by atoms with van der Waals surface area (Å²) in [5.74, 6) is 0.375. The second-order valence-electron chi connectivity index (χ2n) is 5.87. The van der Waals surface area contributed by atoms with E-state index in [-0.39, 0.29) is 25.4 Å². The molecule has 0 aliphatic carbocycles. The Kier molecular flexibility index (Phi) is 5.09.